The molecule has 0 aromatic carbocycles. The van der Waals surface area contributed by atoms with E-state index in [1.807, 2.05) is 0 Å². The van der Waals surface area contributed by atoms with Crippen LogP contribution in [0.25, 0.3) is 0 Å². The number of halogens is 1. The van der Waals surface area contributed by atoms with E-state index in [9.17, 15) is 0 Å². The van der Waals surface area contributed by atoms with E-state index in [1.54, 1.807) is 0 Å². The van der Waals surface area contributed by atoms with Gasteiger partial charge < -0.3 is 5.73 Å². The fraction of sp³-hybridized carbons (Fsp3) is 1.00. The largest absolute Gasteiger partial charge is 0.325 e. The van der Waals surface area contributed by atoms with E-state index >= 15 is 0 Å². The molecule has 0 atom stereocenters. The molecule has 0 unspecified atom stereocenters. The predicted octanol–water partition coefficient (Wildman–Crippen LogP) is 5.86. The van der Waals surface area contributed by atoms with Crippen molar-refractivity contribution in [1.29, 1.82) is 0 Å². The zero-order valence-electron chi connectivity index (χ0n) is 13.3. The number of unbranched alkanes of at least 4 members (excludes halogenated alkanes) is 7. The molecule has 0 fully saturated rings. The minimum atomic E-state index is -0.0614. The first-order valence-electron chi connectivity index (χ1n) is 7.60. The average Bonchev–Trinajstić information content (AvgIpc) is 2.20. The molecule has 0 spiro atoms. The molecule has 2 N–H and O–H groups in total. The van der Waals surface area contributed by atoms with Gasteiger partial charge in [-0.3, -0.25) is 0 Å². The molecule has 0 aromatic heterocycles. The van der Waals surface area contributed by atoms with Gasteiger partial charge in [-0.1, -0.05) is 72.1 Å². The second kappa shape index (κ2) is 10.3. The Bertz CT molecular complexity index is 182. The van der Waals surface area contributed by atoms with E-state index in [1.165, 1.54) is 57.8 Å². The maximum absolute atomic E-state index is 6.21. The Hall–Kier alpha value is 0.440. The van der Waals surface area contributed by atoms with Crippen LogP contribution in [0.2, 0.25) is 0 Å². The van der Waals surface area contributed by atoms with Crippen LogP contribution in [0.3, 0.4) is 0 Å². The first-order chi connectivity index (χ1) is 7.81. The molecule has 18 heavy (non-hydrogen) atoms. The molecule has 0 radical (unpaired) electrons. The summed E-state index contributed by atoms with van der Waals surface area (Å²) in [5.41, 5.74) is 6.41. The Balaban J connectivity index is 0. The van der Waals surface area contributed by atoms with Crippen molar-refractivity contribution in [2.45, 2.75) is 97.9 Å². The Morgan fingerprint density at radius 3 is 1.50 bits per heavy atom. The van der Waals surface area contributed by atoms with Crippen molar-refractivity contribution >= 4 is 17.0 Å². The van der Waals surface area contributed by atoms with Crippen molar-refractivity contribution in [1.82, 2.24) is 0 Å². The van der Waals surface area contributed by atoms with Gasteiger partial charge in [-0.15, -0.1) is 17.0 Å². The zero-order chi connectivity index (χ0) is 13.4. The second-order valence-electron chi connectivity index (χ2n) is 6.83. The summed E-state index contributed by atoms with van der Waals surface area (Å²) >= 11 is 0. The summed E-state index contributed by atoms with van der Waals surface area (Å²) in [5.74, 6) is 0. The van der Waals surface area contributed by atoms with Crippen LogP contribution in [0.15, 0.2) is 0 Å². The summed E-state index contributed by atoms with van der Waals surface area (Å²) < 4.78 is 0. The van der Waals surface area contributed by atoms with Gasteiger partial charge in [0.15, 0.2) is 0 Å². The molecule has 0 rings (SSSR count). The molecule has 0 aromatic rings. The van der Waals surface area contributed by atoms with Crippen LogP contribution in [0.5, 0.6) is 0 Å². The first-order valence-corrected chi connectivity index (χ1v) is 7.60. The summed E-state index contributed by atoms with van der Waals surface area (Å²) in [6.07, 6.45) is 12.4. The van der Waals surface area contributed by atoms with E-state index in [-0.39, 0.29) is 27.9 Å². The van der Waals surface area contributed by atoms with Crippen molar-refractivity contribution in [2.24, 2.45) is 11.1 Å². The van der Waals surface area contributed by atoms with Gasteiger partial charge in [-0.25, -0.2) is 0 Å². The highest BCUT2D eigenvalue weighted by atomic mass is 79.9. The zero-order valence-corrected chi connectivity index (χ0v) is 15.1. The molecule has 0 aliphatic rings. The van der Waals surface area contributed by atoms with Crippen molar-refractivity contribution in [3.63, 3.8) is 0 Å². The molecule has 0 heterocycles. The Labute approximate surface area is 126 Å². The van der Waals surface area contributed by atoms with Crippen LogP contribution in [-0.4, -0.2) is 5.54 Å². The van der Waals surface area contributed by atoms with Gasteiger partial charge in [0.25, 0.3) is 0 Å². The molecule has 0 amide bonds. The predicted molar refractivity (Wildman–Crippen MR) is 89.6 cm³/mol. The van der Waals surface area contributed by atoms with Crippen LogP contribution in [0, 0.1) is 5.41 Å². The van der Waals surface area contributed by atoms with Gasteiger partial charge in [0.05, 0.1) is 0 Å². The molecular weight excluding hydrogens is 286 g/mol. The molecule has 0 aliphatic heterocycles. The molecular formula is C16H36BrN. The maximum atomic E-state index is 6.21. The van der Waals surface area contributed by atoms with E-state index in [0.29, 0.717) is 0 Å². The minimum Gasteiger partial charge on any atom is -0.325 e. The number of rotatable bonds is 10. The molecule has 0 saturated carbocycles. The fourth-order valence-corrected chi connectivity index (χ4v) is 2.02. The molecule has 0 bridgehead atoms. The number of hydrogen-bond donors (Lipinski definition) is 1. The molecule has 0 aliphatic carbocycles. The van der Waals surface area contributed by atoms with Crippen molar-refractivity contribution in [3.05, 3.63) is 0 Å². The second-order valence-corrected chi connectivity index (χ2v) is 6.83. The van der Waals surface area contributed by atoms with Crippen molar-refractivity contribution in [3.8, 4) is 0 Å². The van der Waals surface area contributed by atoms with Gasteiger partial charge >= 0.3 is 0 Å². The van der Waals surface area contributed by atoms with Crippen molar-refractivity contribution < 1.29 is 0 Å². The highest BCUT2D eigenvalue weighted by Crippen LogP contribution is 2.33. The normalized spacial score (nSPS) is 12.3. The summed E-state index contributed by atoms with van der Waals surface area (Å²) in [5, 5.41) is 0. The lowest BCUT2D eigenvalue weighted by Gasteiger charge is -2.38. The first kappa shape index (κ1) is 20.8. The molecule has 0 saturated heterocycles. The maximum Gasteiger partial charge on any atom is 0.0148 e. The molecule has 112 valence electrons. The quantitative estimate of drug-likeness (QED) is 0.501. The van der Waals surface area contributed by atoms with Crippen LogP contribution in [-0.2, 0) is 0 Å². The van der Waals surface area contributed by atoms with E-state index in [4.69, 9.17) is 5.73 Å². The third-order valence-electron chi connectivity index (χ3n) is 4.40. The van der Waals surface area contributed by atoms with Crippen LogP contribution in [0.1, 0.15) is 92.4 Å². The van der Waals surface area contributed by atoms with Crippen LogP contribution < -0.4 is 5.73 Å². The van der Waals surface area contributed by atoms with Gasteiger partial charge in [0.1, 0.15) is 0 Å². The van der Waals surface area contributed by atoms with Gasteiger partial charge in [0, 0.05) is 5.54 Å². The van der Waals surface area contributed by atoms with E-state index in [0.717, 1.165) is 0 Å². The average molecular weight is 322 g/mol. The smallest absolute Gasteiger partial charge is 0.0148 e. The SMILES string of the molecule is Br.CCCCCCCCCCC(C)(C)C(C)(C)N. The third-order valence-corrected chi connectivity index (χ3v) is 4.40. The lowest BCUT2D eigenvalue weighted by Crippen LogP contribution is -2.47. The lowest BCUT2D eigenvalue weighted by molar-refractivity contribution is 0.180. The number of nitrogens with two attached hydrogens (primary N) is 1. The summed E-state index contributed by atoms with van der Waals surface area (Å²) in [6, 6.07) is 0. The number of hydrogen-bond acceptors (Lipinski definition) is 1. The van der Waals surface area contributed by atoms with Gasteiger partial charge in [0.2, 0.25) is 0 Å². The fourth-order valence-electron chi connectivity index (χ4n) is 2.02. The van der Waals surface area contributed by atoms with Crippen molar-refractivity contribution in [2.75, 3.05) is 0 Å². The topological polar surface area (TPSA) is 26.0 Å². The Morgan fingerprint density at radius 2 is 1.11 bits per heavy atom. The standard InChI is InChI=1S/C16H35N.BrH/c1-6-7-8-9-10-11-12-13-14-15(2,3)16(4,5)17;/h6-14,17H2,1-5H3;1H. The van der Waals surface area contributed by atoms with Crippen LogP contribution >= 0.6 is 17.0 Å². The summed E-state index contributed by atoms with van der Waals surface area (Å²) in [4.78, 5) is 0. The summed E-state index contributed by atoms with van der Waals surface area (Å²) in [6.45, 7) is 11.2. The van der Waals surface area contributed by atoms with Gasteiger partial charge in [-0.05, 0) is 25.7 Å². The van der Waals surface area contributed by atoms with E-state index in [2.05, 4.69) is 34.6 Å². The Morgan fingerprint density at radius 1 is 0.722 bits per heavy atom. The third kappa shape index (κ3) is 9.38. The Kier molecular flexibility index (Phi) is 11.8. The molecule has 2 heteroatoms. The minimum absolute atomic E-state index is 0. The monoisotopic (exact) mass is 321 g/mol. The highest BCUT2D eigenvalue weighted by molar-refractivity contribution is 8.93. The highest BCUT2D eigenvalue weighted by Gasteiger charge is 2.32. The lowest BCUT2D eigenvalue weighted by atomic mass is 9.72. The van der Waals surface area contributed by atoms with Crippen LogP contribution in [0.4, 0.5) is 0 Å². The molecule has 1 nitrogen and oxygen atoms in total. The summed E-state index contributed by atoms with van der Waals surface area (Å²) in [7, 11) is 0. The van der Waals surface area contributed by atoms with E-state index < -0.39 is 0 Å². The van der Waals surface area contributed by atoms with Gasteiger partial charge in [-0.2, -0.15) is 0 Å².